The van der Waals surface area contributed by atoms with Gasteiger partial charge in [-0.2, -0.15) is 15.1 Å². The smallest absolute Gasteiger partial charge is 0.253 e. The zero-order valence-electron chi connectivity index (χ0n) is 16.0. The minimum absolute atomic E-state index is 0.148. The summed E-state index contributed by atoms with van der Waals surface area (Å²) in [6.45, 7) is 4.01. The van der Waals surface area contributed by atoms with Gasteiger partial charge in [0.05, 0.1) is 6.21 Å². The Morgan fingerprint density at radius 3 is 2.86 bits per heavy atom. The third-order valence-electron chi connectivity index (χ3n) is 5.02. The number of aromatic hydroxyl groups is 1. The molecule has 0 bridgehead atoms. The number of nitrogens with zero attached hydrogens (tertiary/aromatic N) is 3. The number of hydrazone groups is 1. The molecule has 0 aliphatic heterocycles. The summed E-state index contributed by atoms with van der Waals surface area (Å²) in [4.78, 5) is 3.36. The van der Waals surface area contributed by atoms with Gasteiger partial charge in [-0.25, -0.2) is 0 Å². The molecule has 0 saturated heterocycles. The lowest BCUT2D eigenvalue weighted by molar-refractivity contribution is -0.465. The van der Waals surface area contributed by atoms with E-state index in [9.17, 15) is 10.4 Å². The fourth-order valence-electron chi connectivity index (χ4n) is 3.60. The second kappa shape index (κ2) is 7.57. The molecule has 4 rings (SSSR count). The third-order valence-corrected chi connectivity index (χ3v) is 5.52. The Balaban J connectivity index is 1.92. The average molecular weight is 449 g/mol. The van der Waals surface area contributed by atoms with Crippen molar-refractivity contribution in [3.8, 4) is 11.8 Å². The second-order valence-corrected chi connectivity index (χ2v) is 7.61. The van der Waals surface area contributed by atoms with Gasteiger partial charge in [-0.3, -0.25) is 4.98 Å². The first-order chi connectivity index (χ1) is 14.0. The Labute approximate surface area is 176 Å². The van der Waals surface area contributed by atoms with E-state index in [4.69, 9.17) is 0 Å². The molecule has 6 nitrogen and oxygen atoms in total. The molecule has 4 aromatic rings. The van der Waals surface area contributed by atoms with Crippen LogP contribution in [-0.2, 0) is 6.42 Å². The van der Waals surface area contributed by atoms with Gasteiger partial charge >= 0.3 is 0 Å². The van der Waals surface area contributed by atoms with Crippen molar-refractivity contribution in [2.75, 3.05) is 5.43 Å². The Morgan fingerprint density at radius 2 is 2.10 bits per heavy atom. The highest BCUT2D eigenvalue weighted by molar-refractivity contribution is 9.10. The molecule has 0 aliphatic rings. The van der Waals surface area contributed by atoms with Crippen LogP contribution in [0.15, 0.2) is 52.0 Å². The van der Waals surface area contributed by atoms with E-state index >= 15 is 0 Å². The van der Waals surface area contributed by atoms with Gasteiger partial charge < -0.3 is 5.11 Å². The van der Waals surface area contributed by atoms with Gasteiger partial charge in [0.25, 0.3) is 5.82 Å². The van der Waals surface area contributed by atoms with E-state index in [1.54, 1.807) is 24.4 Å². The van der Waals surface area contributed by atoms with E-state index in [-0.39, 0.29) is 5.75 Å². The number of imidazole rings is 1. The van der Waals surface area contributed by atoms with Crippen molar-refractivity contribution in [1.29, 1.82) is 5.26 Å². The zero-order valence-corrected chi connectivity index (χ0v) is 17.6. The number of aromatic amines is 1. The minimum Gasteiger partial charge on any atom is -0.507 e. The fourth-order valence-corrected chi connectivity index (χ4v) is 3.98. The topological polar surface area (TPSA) is 88.3 Å². The molecule has 29 heavy (non-hydrogen) atoms. The van der Waals surface area contributed by atoms with Crippen LogP contribution >= 0.6 is 15.9 Å². The molecular weight excluding hydrogens is 430 g/mol. The van der Waals surface area contributed by atoms with Crippen LogP contribution in [0.5, 0.6) is 5.75 Å². The average Bonchev–Trinajstić information content (AvgIpc) is 3.09. The maximum absolute atomic E-state index is 10.0. The number of phenols is 1. The normalized spacial score (nSPS) is 11.4. The highest BCUT2D eigenvalue weighted by atomic mass is 79.9. The Morgan fingerprint density at radius 1 is 1.31 bits per heavy atom. The van der Waals surface area contributed by atoms with Crippen molar-refractivity contribution in [2.24, 2.45) is 5.10 Å². The number of halogens is 1. The summed E-state index contributed by atoms with van der Waals surface area (Å²) in [7, 11) is 0. The van der Waals surface area contributed by atoms with E-state index in [0.29, 0.717) is 11.1 Å². The van der Waals surface area contributed by atoms with Gasteiger partial charge in [0.1, 0.15) is 28.4 Å². The maximum atomic E-state index is 10.0. The molecule has 0 spiro atoms. The number of hydrogen-bond acceptors (Lipinski definition) is 4. The van der Waals surface area contributed by atoms with Crippen LogP contribution in [0.1, 0.15) is 29.2 Å². The quantitative estimate of drug-likeness (QED) is 0.242. The number of hydrogen-bond donors (Lipinski definition) is 3. The van der Waals surface area contributed by atoms with Crippen molar-refractivity contribution >= 4 is 44.6 Å². The van der Waals surface area contributed by atoms with Crippen molar-refractivity contribution < 1.29 is 9.51 Å². The van der Waals surface area contributed by atoms with Crippen LogP contribution in [-0.4, -0.2) is 16.3 Å². The Kier molecular flexibility index (Phi) is 4.95. The summed E-state index contributed by atoms with van der Waals surface area (Å²) < 4.78 is 2.85. The first-order valence-corrected chi connectivity index (χ1v) is 10.00. The maximum Gasteiger partial charge on any atom is 0.253 e. The predicted molar refractivity (Wildman–Crippen MR) is 117 cm³/mol. The number of para-hydroxylation sites is 2. The number of H-pyrrole nitrogens is 1. The summed E-state index contributed by atoms with van der Waals surface area (Å²) in [5, 5.41) is 24.2. The SMILES string of the molecule is CCc1c(C)c(C#N)c2[nH]c3ccccc3[n+]2c1NN=Cc1cc(Br)ccc1O. The molecule has 0 atom stereocenters. The number of phenolic OH excluding ortho intramolecular Hbond substituents is 1. The van der Waals surface area contributed by atoms with Gasteiger partial charge in [0.2, 0.25) is 5.65 Å². The van der Waals surface area contributed by atoms with E-state index in [2.05, 4.69) is 44.4 Å². The molecule has 7 heteroatoms. The van der Waals surface area contributed by atoms with Crippen LogP contribution in [0.25, 0.3) is 16.7 Å². The second-order valence-electron chi connectivity index (χ2n) is 6.69. The number of fused-ring (bicyclic) bond motifs is 3. The molecule has 144 valence electrons. The largest absolute Gasteiger partial charge is 0.507 e. The van der Waals surface area contributed by atoms with Crippen molar-refractivity contribution in [3.05, 3.63) is 69.2 Å². The first kappa shape index (κ1) is 19.0. The number of pyridine rings is 1. The summed E-state index contributed by atoms with van der Waals surface area (Å²) in [6, 6.07) is 15.4. The highest BCUT2D eigenvalue weighted by Gasteiger charge is 2.24. The lowest BCUT2D eigenvalue weighted by Crippen LogP contribution is -2.28. The number of aromatic nitrogens is 2. The number of nitriles is 1. The monoisotopic (exact) mass is 448 g/mol. The molecule has 2 heterocycles. The molecule has 3 N–H and O–H groups in total. The molecular formula is C22H19BrN5O+. The highest BCUT2D eigenvalue weighted by Crippen LogP contribution is 2.26. The molecule has 0 saturated carbocycles. The van der Waals surface area contributed by atoms with Crippen LogP contribution in [0.3, 0.4) is 0 Å². The standard InChI is InChI=1S/C22H18BrN5O/c1-3-16-13(2)17(11-24)21-26-18-6-4-5-7-19(18)28(21)22(16)27-25-12-14-10-15(23)8-9-20(14)29/h4-10,12H,3H2,1-2H3,(H2,25,26,27,29)/p+1. The van der Waals surface area contributed by atoms with Crippen molar-refractivity contribution in [3.63, 3.8) is 0 Å². The van der Waals surface area contributed by atoms with Crippen LogP contribution in [0, 0.1) is 18.3 Å². The molecule has 0 unspecified atom stereocenters. The summed E-state index contributed by atoms with van der Waals surface area (Å²) in [5.41, 5.74) is 8.92. The van der Waals surface area contributed by atoms with Gasteiger partial charge in [-0.05, 0) is 49.2 Å². The molecule has 0 amide bonds. The van der Waals surface area contributed by atoms with E-state index < -0.39 is 0 Å². The zero-order chi connectivity index (χ0) is 20.5. The number of rotatable bonds is 4. The number of anilines is 1. The van der Waals surface area contributed by atoms with Crippen molar-refractivity contribution in [2.45, 2.75) is 20.3 Å². The number of nitrogens with one attached hydrogen (secondary N) is 2. The molecule has 2 aromatic heterocycles. The molecule has 0 fully saturated rings. The van der Waals surface area contributed by atoms with Crippen molar-refractivity contribution in [1.82, 2.24) is 4.98 Å². The Bertz CT molecular complexity index is 1320. The van der Waals surface area contributed by atoms with Crippen LogP contribution in [0.4, 0.5) is 5.82 Å². The Hall–Kier alpha value is -3.37. The molecule has 2 aromatic carbocycles. The first-order valence-electron chi connectivity index (χ1n) is 9.20. The van der Waals surface area contributed by atoms with Gasteiger partial charge in [-0.15, -0.1) is 5.10 Å². The van der Waals surface area contributed by atoms with Crippen LogP contribution in [0.2, 0.25) is 0 Å². The molecule has 0 aliphatic carbocycles. The van der Waals surface area contributed by atoms with Gasteiger partial charge in [0, 0.05) is 15.6 Å². The molecule has 0 radical (unpaired) electrons. The summed E-state index contributed by atoms with van der Waals surface area (Å²) in [6.07, 6.45) is 2.32. The fraction of sp³-hybridized carbons (Fsp3) is 0.136. The van der Waals surface area contributed by atoms with E-state index in [1.165, 1.54) is 0 Å². The van der Waals surface area contributed by atoms with E-state index in [1.807, 2.05) is 35.6 Å². The number of benzene rings is 2. The van der Waals surface area contributed by atoms with E-state index in [0.717, 1.165) is 44.5 Å². The lowest BCUT2D eigenvalue weighted by Gasteiger charge is -2.10. The predicted octanol–water partition coefficient (Wildman–Crippen LogP) is 4.56. The minimum atomic E-state index is 0.148. The van der Waals surface area contributed by atoms with Crippen LogP contribution < -0.4 is 9.83 Å². The van der Waals surface area contributed by atoms with Gasteiger partial charge in [-0.1, -0.05) is 35.0 Å². The van der Waals surface area contributed by atoms with Gasteiger partial charge in [0.15, 0.2) is 0 Å². The lowest BCUT2D eigenvalue weighted by atomic mass is 10.0. The third kappa shape index (κ3) is 3.22. The summed E-state index contributed by atoms with van der Waals surface area (Å²) in [5.74, 6) is 0.942. The summed E-state index contributed by atoms with van der Waals surface area (Å²) >= 11 is 3.40.